The summed E-state index contributed by atoms with van der Waals surface area (Å²) in [6.45, 7) is 11.7. The van der Waals surface area contributed by atoms with E-state index < -0.39 is 8.07 Å². The number of hydrogen-bond donors (Lipinski definition) is 0. The Kier molecular flexibility index (Phi) is 13.3. The van der Waals surface area contributed by atoms with Crippen LogP contribution in [0.3, 0.4) is 0 Å². The van der Waals surface area contributed by atoms with Gasteiger partial charge in [-0.15, -0.1) is 59.7 Å². The molecular formula is C56H56IrN2SSi-2. The van der Waals surface area contributed by atoms with Crippen LogP contribution in [0.2, 0.25) is 19.6 Å². The Morgan fingerprint density at radius 1 is 0.721 bits per heavy atom. The molecule has 3 aliphatic rings. The second-order valence-corrected chi connectivity index (χ2v) is 24.8. The van der Waals surface area contributed by atoms with Crippen LogP contribution in [0.5, 0.6) is 0 Å². The molecule has 8 aromatic rings. The maximum atomic E-state index is 4.87. The zero-order valence-corrected chi connectivity index (χ0v) is 40.4. The van der Waals surface area contributed by atoms with E-state index in [1.807, 2.05) is 35.7 Å². The Labute approximate surface area is 382 Å². The van der Waals surface area contributed by atoms with Crippen molar-refractivity contribution in [3.05, 3.63) is 163 Å². The van der Waals surface area contributed by atoms with Gasteiger partial charge >= 0.3 is 0 Å². The summed E-state index contributed by atoms with van der Waals surface area (Å²) in [5.41, 5.74) is 12.3. The van der Waals surface area contributed by atoms with Crippen molar-refractivity contribution in [2.24, 2.45) is 23.7 Å². The Bertz CT molecular complexity index is 2730. The van der Waals surface area contributed by atoms with Crippen molar-refractivity contribution in [2.75, 3.05) is 0 Å². The first-order valence-electron chi connectivity index (χ1n) is 22.1. The molecule has 3 aliphatic carbocycles. The number of benzene rings is 5. The molecule has 1 atom stereocenters. The number of rotatable bonds is 9. The van der Waals surface area contributed by atoms with Crippen LogP contribution in [-0.2, 0) is 32.9 Å². The van der Waals surface area contributed by atoms with Gasteiger partial charge in [-0.3, -0.25) is 0 Å². The molecular weight excluding hydrogens is 953 g/mol. The zero-order chi connectivity index (χ0) is 41.2. The molecule has 0 amide bonds. The number of aromatic nitrogens is 2. The Morgan fingerprint density at radius 3 is 2.23 bits per heavy atom. The van der Waals surface area contributed by atoms with Crippen LogP contribution in [0.1, 0.15) is 57.1 Å². The molecule has 2 nitrogen and oxygen atoms in total. The Hall–Kier alpha value is -4.51. The van der Waals surface area contributed by atoms with Crippen molar-refractivity contribution in [2.45, 2.75) is 78.4 Å². The molecule has 61 heavy (non-hydrogen) atoms. The van der Waals surface area contributed by atoms with Crippen molar-refractivity contribution < 1.29 is 20.1 Å². The minimum atomic E-state index is -1.34. The SMILES string of the molecule is CC(C)Cc1cc(-c2[c-]cccc2)ncc1[Si](C)(C)C.[Ir].[c-]1ccc2c(sc3cccc(-c4cccc(-c5ccccc5)c4)c32)c1-c1cc(CC2CC3CCC2CC3)ccn1. The van der Waals surface area contributed by atoms with Crippen LogP contribution in [0.25, 0.3) is 64.9 Å². The van der Waals surface area contributed by atoms with E-state index in [1.165, 1.54) is 97.3 Å². The maximum Gasteiger partial charge on any atom is 0.0798 e. The van der Waals surface area contributed by atoms with Gasteiger partial charge in [-0.25, -0.2) is 0 Å². The van der Waals surface area contributed by atoms with Crippen molar-refractivity contribution in [3.8, 4) is 44.8 Å². The molecule has 3 saturated carbocycles. The first-order valence-corrected chi connectivity index (χ1v) is 26.4. The summed E-state index contributed by atoms with van der Waals surface area (Å²) in [4.78, 5) is 9.56. The van der Waals surface area contributed by atoms with Gasteiger partial charge in [0, 0.05) is 37.2 Å². The van der Waals surface area contributed by atoms with Gasteiger partial charge in [-0.2, -0.15) is 11.3 Å². The van der Waals surface area contributed by atoms with Crippen molar-refractivity contribution >= 4 is 44.8 Å². The van der Waals surface area contributed by atoms with Gasteiger partial charge in [-0.1, -0.05) is 136 Å². The third-order valence-corrected chi connectivity index (χ3v) is 16.2. The van der Waals surface area contributed by atoms with E-state index in [-0.39, 0.29) is 20.1 Å². The second-order valence-electron chi connectivity index (χ2n) is 18.7. The maximum absolute atomic E-state index is 4.87. The number of pyridine rings is 2. The van der Waals surface area contributed by atoms with E-state index in [0.29, 0.717) is 5.92 Å². The molecule has 0 spiro atoms. The average molecular weight is 1010 g/mol. The van der Waals surface area contributed by atoms with Crippen LogP contribution in [0.4, 0.5) is 0 Å². The molecule has 1 radical (unpaired) electrons. The molecule has 3 fully saturated rings. The van der Waals surface area contributed by atoms with Crippen LogP contribution < -0.4 is 5.19 Å². The smallest absolute Gasteiger partial charge is 0.0798 e. The van der Waals surface area contributed by atoms with Gasteiger partial charge in [0.15, 0.2) is 0 Å². The van der Waals surface area contributed by atoms with Gasteiger partial charge in [0.25, 0.3) is 0 Å². The second kappa shape index (κ2) is 18.8. The van der Waals surface area contributed by atoms with Crippen molar-refractivity contribution in [3.63, 3.8) is 0 Å². The summed E-state index contributed by atoms with van der Waals surface area (Å²) in [6.07, 6.45) is 13.7. The van der Waals surface area contributed by atoms with E-state index >= 15 is 0 Å². The number of fused-ring (bicyclic) bond motifs is 6. The summed E-state index contributed by atoms with van der Waals surface area (Å²) >= 11 is 1.87. The Morgan fingerprint density at radius 2 is 1.49 bits per heavy atom. The number of thiophene rings is 1. The van der Waals surface area contributed by atoms with Crippen LogP contribution in [0, 0.1) is 35.8 Å². The van der Waals surface area contributed by atoms with Gasteiger partial charge < -0.3 is 9.97 Å². The summed E-state index contributed by atoms with van der Waals surface area (Å²) in [7, 11) is -1.34. The minimum Gasteiger partial charge on any atom is -0.305 e. The first-order chi connectivity index (χ1) is 29.2. The summed E-state index contributed by atoms with van der Waals surface area (Å²) in [5, 5.41) is 4.12. The third kappa shape index (κ3) is 9.62. The predicted molar refractivity (Wildman–Crippen MR) is 260 cm³/mol. The molecule has 11 rings (SSSR count). The molecule has 311 valence electrons. The molecule has 3 heterocycles. The molecule has 1 unspecified atom stereocenters. The van der Waals surface area contributed by atoms with E-state index in [4.69, 9.17) is 4.98 Å². The normalized spacial score (nSPS) is 17.2. The van der Waals surface area contributed by atoms with Crippen LogP contribution >= 0.6 is 11.3 Å². The molecule has 2 bridgehead atoms. The standard InChI is InChI=1S/C38H32NS.C18H24NSi.Ir/c1-2-7-27(8-3-1)29-9-4-10-30(24-29)32-11-6-14-36-37(32)34-13-5-12-33(38(34)40-36)35-23-26(19-20-39-35)22-31-21-25-15-17-28(31)18-16-25;1-14(2)11-16-12-17(15-9-7-6-8-10-15)19-13-18(16)20(3,4)5;/h1-11,13-14,19-20,23-25,28,31H,15-18,21-22H2;6-9,12-14H,11H2,1-5H3;/q2*-1;. The monoisotopic (exact) mass is 1010 g/mol. The summed E-state index contributed by atoms with van der Waals surface area (Å²) in [6, 6.07) is 52.5. The fraction of sp³-hybridized carbons (Fsp3) is 0.286. The van der Waals surface area contributed by atoms with E-state index in [2.05, 4.69) is 166 Å². The van der Waals surface area contributed by atoms with Gasteiger partial charge in [0.1, 0.15) is 0 Å². The van der Waals surface area contributed by atoms with Crippen LogP contribution in [-0.4, -0.2) is 18.0 Å². The molecule has 0 N–H and O–H groups in total. The molecule has 3 aromatic heterocycles. The fourth-order valence-electron chi connectivity index (χ4n) is 10.0. The average Bonchev–Trinajstić information content (AvgIpc) is 3.67. The quantitative estimate of drug-likeness (QED) is 0.106. The summed E-state index contributed by atoms with van der Waals surface area (Å²) < 4.78 is 2.60. The molecule has 5 aromatic carbocycles. The van der Waals surface area contributed by atoms with E-state index in [1.54, 1.807) is 0 Å². The van der Waals surface area contributed by atoms with Gasteiger partial charge in [0.2, 0.25) is 0 Å². The van der Waals surface area contributed by atoms with E-state index in [9.17, 15) is 0 Å². The topological polar surface area (TPSA) is 25.8 Å². The van der Waals surface area contributed by atoms with Crippen LogP contribution in [0.15, 0.2) is 140 Å². The molecule has 5 heteroatoms. The molecule has 0 saturated heterocycles. The van der Waals surface area contributed by atoms with Gasteiger partial charge in [-0.05, 0) is 123 Å². The minimum absolute atomic E-state index is 0. The fourth-order valence-corrected chi connectivity index (χ4v) is 12.8. The number of nitrogens with zero attached hydrogens (tertiary/aromatic N) is 2. The van der Waals surface area contributed by atoms with Gasteiger partial charge in [0.05, 0.1) is 8.07 Å². The number of hydrogen-bond acceptors (Lipinski definition) is 3. The predicted octanol–water partition coefficient (Wildman–Crippen LogP) is 14.9. The Balaban J connectivity index is 0.000000208. The summed E-state index contributed by atoms with van der Waals surface area (Å²) in [5.74, 6) is 3.42. The molecule has 0 aliphatic heterocycles. The van der Waals surface area contributed by atoms with Crippen molar-refractivity contribution in [1.29, 1.82) is 0 Å². The van der Waals surface area contributed by atoms with Crippen molar-refractivity contribution in [1.82, 2.24) is 9.97 Å². The zero-order valence-electron chi connectivity index (χ0n) is 36.2. The van der Waals surface area contributed by atoms with E-state index in [0.717, 1.165) is 46.7 Å². The third-order valence-electron chi connectivity index (χ3n) is 12.9. The largest absolute Gasteiger partial charge is 0.305 e. The first kappa shape index (κ1) is 43.1.